The van der Waals surface area contributed by atoms with E-state index in [1.54, 1.807) is 31.2 Å². The molecule has 5 atom stereocenters. The van der Waals surface area contributed by atoms with Gasteiger partial charge in [0.05, 0.1) is 17.0 Å². The fourth-order valence-corrected chi connectivity index (χ4v) is 4.98. The third-order valence-corrected chi connectivity index (χ3v) is 9.10. The van der Waals surface area contributed by atoms with E-state index < -0.39 is 5.97 Å². The Bertz CT molecular complexity index is 926. The molecule has 0 aromatic heterocycles. The number of carboxylic acids is 1. The van der Waals surface area contributed by atoms with Gasteiger partial charge in [0, 0.05) is 21.6 Å². The molecule has 313 valence electrons. The number of nitrogens with two attached hydrogens (primary N) is 2. The predicted octanol–water partition coefficient (Wildman–Crippen LogP) is 7.73. The van der Waals surface area contributed by atoms with Crippen molar-refractivity contribution >= 4 is 26.2 Å². The molecule has 10 heteroatoms. The van der Waals surface area contributed by atoms with E-state index in [1.165, 1.54) is 62.7 Å². The Morgan fingerprint density at radius 3 is 1.26 bits per heavy atom. The molecule has 0 bridgehead atoms. The van der Waals surface area contributed by atoms with Crippen molar-refractivity contribution in [3.8, 4) is 0 Å². The Labute approximate surface area is 360 Å². The van der Waals surface area contributed by atoms with Crippen molar-refractivity contribution in [1.82, 2.24) is 4.90 Å². The molecule has 0 unspecified atom stereocenters. The van der Waals surface area contributed by atoms with E-state index in [1.807, 2.05) is 0 Å². The van der Waals surface area contributed by atoms with Gasteiger partial charge in [0.2, 0.25) is 0 Å². The minimum absolute atomic E-state index is 0. The van der Waals surface area contributed by atoms with E-state index >= 15 is 0 Å². The van der Waals surface area contributed by atoms with Gasteiger partial charge in [-0.2, -0.15) is 0 Å². The molecule has 0 spiro atoms. The number of imide groups is 1. The zero-order chi connectivity index (χ0) is 39.6. The van der Waals surface area contributed by atoms with Gasteiger partial charge in [-0.1, -0.05) is 153 Å². The molecule has 2 rings (SSSR count). The van der Waals surface area contributed by atoms with Gasteiger partial charge in [0.1, 0.15) is 0 Å². The summed E-state index contributed by atoms with van der Waals surface area (Å²) in [6.45, 7) is 23.7. The number of carbonyl (C=O) groups excluding carboxylic acids is 2. The van der Waals surface area contributed by atoms with Gasteiger partial charge >= 0.3 is 35.5 Å². The van der Waals surface area contributed by atoms with Crippen molar-refractivity contribution in [2.75, 3.05) is 26.2 Å². The minimum Gasteiger partial charge on any atom is -1.00 e. The second-order valence-electron chi connectivity index (χ2n) is 14.8. The molecule has 1 aromatic rings. The normalized spacial score (nSPS) is 13.7. The molecule has 1 aliphatic heterocycles. The molecular weight excluding hydrogens is 684 g/mol. The van der Waals surface area contributed by atoms with Gasteiger partial charge in [-0.3, -0.25) is 19.3 Å². The number of fused-ring (bicyclic) bond motifs is 1. The topological polar surface area (TPSA) is 147 Å². The molecule has 2 amide bonds. The number of aliphatic hydroxyl groups is 1. The molecular formula is C44H88BN3NaO5. The fourth-order valence-electron chi connectivity index (χ4n) is 4.98. The first-order valence-electron chi connectivity index (χ1n) is 20.4. The van der Waals surface area contributed by atoms with Crippen LogP contribution in [0.4, 0.5) is 0 Å². The SMILES string of the molecule is C.CCCC[C@H](C)C(=O)O.CCCC[C@H](C)CN.CCCC[C@H](C)CN.CCCC[C@H](C)CN1C(=O)c2ccccc2C1=O.CCCC[C@H](C)CO.[B].[H-].[Na+]. The zero-order valence-electron chi connectivity index (χ0n) is 37.4. The van der Waals surface area contributed by atoms with E-state index in [-0.39, 0.29) is 64.6 Å². The van der Waals surface area contributed by atoms with E-state index in [4.69, 9.17) is 21.7 Å². The summed E-state index contributed by atoms with van der Waals surface area (Å²) in [6, 6.07) is 7.06. The number of unbranched alkanes of at least 4 members (excludes halogenated alkanes) is 5. The van der Waals surface area contributed by atoms with Crippen LogP contribution < -0.4 is 41.0 Å². The smallest absolute Gasteiger partial charge is 1.00 e. The van der Waals surface area contributed by atoms with Crippen LogP contribution in [0, 0.1) is 29.6 Å². The average molecular weight is 773 g/mol. The Morgan fingerprint density at radius 1 is 0.648 bits per heavy atom. The summed E-state index contributed by atoms with van der Waals surface area (Å²) in [6.07, 6.45) is 17.8. The Hall–Kier alpha value is -1.23. The number of hydrogen-bond acceptors (Lipinski definition) is 6. The molecule has 1 aliphatic rings. The fraction of sp³-hybridized carbons (Fsp3) is 0.795. The summed E-state index contributed by atoms with van der Waals surface area (Å²) in [5.41, 5.74) is 11.9. The molecule has 8 nitrogen and oxygen atoms in total. The monoisotopic (exact) mass is 773 g/mol. The van der Waals surface area contributed by atoms with Crippen LogP contribution in [-0.4, -0.2) is 67.6 Å². The number of amides is 2. The Morgan fingerprint density at radius 2 is 0.963 bits per heavy atom. The molecule has 1 heterocycles. The van der Waals surface area contributed by atoms with E-state index in [0.29, 0.717) is 36.1 Å². The maximum absolute atomic E-state index is 12.1. The predicted molar refractivity (Wildman–Crippen MR) is 232 cm³/mol. The number of nitrogens with zero attached hydrogens (tertiary/aromatic N) is 1. The zero-order valence-corrected chi connectivity index (χ0v) is 38.4. The number of carbonyl (C=O) groups is 3. The van der Waals surface area contributed by atoms with Crippen molar-refractivity contribution in [3.63, 3.8) is 0 Å². The van der Waals surface area contributed by atoms with E-state index in [0.717, 1.165) is 63.5 Å². The number of aliphatic carboxylic acids is 1. The Balaban J connectivity index is -0.000000109. The number of benzene rings is 1. The molecule has 0 saturated heterocycles. The maximum Gasteiger partial charge on any atom is 1.00 e. The number of rotatable bonds is 21. The summed E-state index contributed by atoms with van der Waals surface area (Å²) >= 11 is 0. The quantitative estimate of drug-likeness (QED) is 0.0739. The standard InChI is InChI=1S/C15H19NO2.2C7H17N.C7H14O2.C7H16O.CH4.B.Na.H/c1-3-4-7-11(2)10-16-14(17)12-8-5-6-9-13(12)15(16)18;2*1-3-4-5-7(2)6-8;1-3-4-5-6(2)7(8)9;1-3-4-5-7(2)6-8;;;;/h5-6,8-9,11H,3-4,7,10H2,1-2H3;2*7H,3-6,8H2,1-2H3;6H,3-5H2,1-2H3,(H,8,9);7-8H,3-6H2,1-2H3;1H4;;;/q;;;;;;;+1;-1/t11-;2*7-;6-;7-;;;;/m00000..../s1. The van der Waals surface area contributed by atoms with Crippen LogP contribution in [0.25, 0.3) is 0 Å². The summed E-state index contributed by atoms with van der Waals surface area (Å²) < 4.78 is 0. The van der Waals surface area contributed by atoms with Gasteiger partial charge in [-0.15, -0.1) is 0 Å². The first-order chi connectivity index (χ1) is 24.3. The van der Waals surface area contributed by atoms with Gasteiger partial charge in [-0.25, -0.2) is 0 Å². The van der Waals surface area contributed by atoms with Crippen LogP contribution >= 0.6 is 0 Å². The van der Waals surface area contributed by atoms with Crippen molar-refractivity contribution in [2.24, 2.45) is 41.1 Å². The molecule has 0 fully saturated rings. The van der Waals surface area contributed by atoms with Crippen molar-refractivity contribution < 1.29 is 55.6 Å². The largest absolute Gasteiger partial charge is 1.00 e. The molecule has 3 radical (unpaired) electrons. The maximum atomic E-state index is 12.1. The minimum atomic E-state index is -0.677. The number of aliphatic hydroxyl groups excluding tert-OH is 1. The second-order valence-corrected chi connectivity index (χ2v) is 14.8. The number of carboxylic acid groups (broad SMARTS) is 1. The number of hydrogen-bond donors (Lipinski definition) is 4. The van der Waals surface area contributed by atoms with E-state index in [2.05, 4.69) is 62.3 Å². The molecule has 0 aliphatic carbocycles. The van der Waals surface area contributed by atoms with Gasteiger partial charge in [-0.05, 0) is 81.0 Å². The molecule has 6 N–H and O–H groups in total. The van der Waals surface area contributed by atoms with E-state index in [9.17, 15) is 14.4 Å². The summed E-state index contributed by atoms with van der Waals surface area (Å²) in [7, 11) is 0. The van der Waals surface area contributed by atoms with Gasteiger partial charge in [0.25, 0.3) is 11.8 Å². The van der Waals surface area contributed by atoms with Crippen LogP contribution in [0.15, 0.2) is 24.3 Å². The average Bonchev–Trinajstić information content (AvgIpc) is 3.38. The van der Waals surface area contributed by atoms with Crippen LogP contribution in [0.1, 0.15) is 195 Å². The van der Waals surface area contributed by atoms with Crippen LogP contribution in [0.3, 0.4) is 0 Å². The summed E-state index contributed by atoms with van der Waals surface area (Å²) in [5, 5.41) is 17.0. The summed E-state index contributed by atoms with van der Waals surface area (Å²) in [5.74, 6) is 1.22. The third kappa shape index (κ3) is 35.2. The van der Waals surface area contributed by atoms with Gasteiger partial charge in [0.15, 0.2) is 0 Å². The molecule has 1 aromatic carbocycles. The van der Waals surface area contributed by atoms with Gasteiger partial charge < -0.3 is 23.1 Å². The third-order valence-electron chi connectivity index (χ3n) is 9.10. The van der Waals surface area contributed by atoms with Crippen LogP contribution in [0.2, 0.25) is 0 Å². The van der Waals surface area contributed by atoms with Crippen LogP contribution in [0.5, 0.6) is 0 Å². The van der Waals surface area contributed by atoms with Crippen molar-refractivity contribution in [3.05, 3.63) is 35.4 Å². The van der Waals surface area contributed by atoms with Crippen molar-refractivity contribution in [1.29, 1.82) is 0 Å². The van der Waals surface area contributed by atoms with Crippen molar-refractivity contribution in [2.45, 2.75) is 173 Å². The molecule has 54 heavy (non-hydrogen) atoms. The summed E-state index contributed by atoms with van der Waals surface area (Å²) in [4.78, 5) is 35.8. The second kappa shape index (κ2) is 44.5. The first kappa shape index (κ1) is 64.7. The Kier molecular flexibility index (Phi) is 53.3. The molecule has 0 saturated carbocycles. The van der Waals surface area contributed by atoms with Crippen LogP contribution in [-0.2, 0) is 4.79 Å². The first-order valence-corrected chi connectivity index (χ1v) is 20.4.